The third kappa shape index (κ3) is 2.42. The summed E-state index contributed by atoms with van der Waals surface area (Å²) in [7, 11) is 0. The molecule has 0 saturated heterocycles. The van der Waals surface area contributed by atoms with E-state index in [9.17, 15) is 5.11 Å². The second-order valence-electron chi connectivity index (χ2n) is 6.99. The minimum absolute atomic E-state index is 0.0363. The SMILES string of the molecule is CC(C)(C)c1cn2nc(NC(C)(CO)C3CC3)sc2n1. The number of aliphatic hydroxyl groups excluding tert-OH is 1. The van der Waals surface area contributed by atoms with Crippen LogP contribution in [0.5, 0.6) is 0 Å². The van der Waals surface area contributed by atoms with Gasteiger partial charge in [-0.1, -0.05) is 32.1 Å². The molecule has 0 spiro atoms. The highest BCUT2D eigenvalue weighted by atomic mass is 32.1. The highest BCUT2D eigenvalue weighted by molar-refractivity contribution is 7.20. The summed E-state index contributed by atoms with van der Waals surface area (Å²) in [4.78, 5) is 5.53. The molecule has 2 heterocycles. The highest BCUT2D eigenvalue weighted by Gasteiger charge is 2.41. The van der Waals surface area contributed by atoms with Gasteiger partial charge in [0.25, 0.3) is 0 Å². The van der Waals surface area contributed by atoms with Gasteiger partial charge in [0, 0.05) is 5.41 Å². The average Bonchev–Trinajstić information content (AvgIpc) is 3.03. The molecule has 1 saturated carbocycles. The Bertz CT molecular complexity index is 591. The van der Waals surface area contributed by atoms with Crippen LogP contribution in [0.3, 0.4) is 0 Å². The lowest BCUT2D eigenvalue weighted by Crippen LogP contribution is -2.41. The summed E-state index contributed by atoms with van der Waals surface area (Å²) in [5.41, 5.74) is 0.826. The Morgan fingerprint density at radius 1 is 1.40 bits per heavy atom. The van der Waals surface area contributed by atoms with Crippen molar-refractivity contribution in [1.29, 1.82) is 0 Å². The van der Waals surface area contributed by atoms with Gasteiger partial charge in [0.15, 0.2) is 0 Å². The number of anilines is 1. The second kappa shape index (κ2) is 4.43. The predicted octanol–water partition coefficient (Wildman–Crippen LogP) is 2.66. The summed E-state index contributed by atoms with van der Waals surface area (Å²) < 4.78 is 1.83. The van der Waals surface area contributed by atoms with Crippen LogP contribution in [0.2, 0.25) is 0 Å². The standard InChI is InChI=1S/C14H22N4OS/c1-13(2,3)10-7-18-12(15-10)20-11(17-18)16-14(4,8-19)9-5-6-9/h7,9,19H,5-6,8H2,1-4H3,(H,16,17). The molecule has 1 atom stereocenters. The van der Waals surface area contributed by atoms with E-state index in [2.05, 4.69) is 43.1 Å². The number of rotatable bonds is 4. The zero-order valence-corrected chi connectivity index (χ0v) is 13.3. The number of aromatic nitrogens is 3. The maximum atomic E-state index is 9.63. The van der Waals surface area contributed by atoms with Crippen molar-refractivity contribution in [3.8, 4) is 0 Å². The summed E-state index contributed by atoms with van der Waals surface area (Å²) in [5.74, 6) is 0.550. The lowest BCUT2D eigenvalue weighted by molar-refractivity contribution is 0.206. The van der Waals surface area contributed by atoms with E-state index < -0.39 is 0 Å². The first-order chi connectivity index (χ1) is 9.32. The van der Waals surface area contributed by atoms with Crippen molar-refractivity contribution < 1.29 is 5.11 Å². The van der Waals surface area contributed by atoms with Gasteiger partial charge in [0.05, 0.1) is 24.0 Å². The van der Waals surface area contributed by atoms with E-state index in [1.165, 1.54) is 12.8 Å². The molecular weight excluding hydrogens is 272 g/mol. The molecule has 2 aromatic heterocycles. The smallest absolute Gasteiger partial charge is 0.214 e. The summed E-state index contributed by atoms with van der Waals surface area (Å²) in [6, 6.07) is 0. The molecule has 1 fully saturated rings. The van der Waals surface area contributed by atoms with Gasteiger partial charge in [-0.15, -0.1) is 5.10 Å². The molecule has 0 bridgehead atoms. The van der Waals surface area contributed by atoms with Gasteiger partial charge in [-0.25, -0.2) is 9.50 Å². The quantitative estimate of drug-likeness (QED) is 0.910. The van der Waals surface area contributed by atoms with E-state index in [-0.39, 0.29) is 17.6 Å². The topological polar surface area (TPSA) is 62.5 Å². The molecule has 6 heteroatoms. The van der Waals surface area contributed by atoms with Crippen LogP contribution in [0.1, 0.15) is 46.2 Å². The Balaban J connectivity index is 1.85. The number of fused-ring (bicyclic) bond motifs is 1. The Kier molecular flexibility index (Phi) is 3.06. The zero-order valence-electron chi connectivity index (χ0n) is 12.5. The molecule has 1 aliphatic carbocycles. The lowest BCUT2D eigenvalue weighted by atomic mass is 9.93. The average molecular weight is 294 g/mol. The fourth-order valence-corrected chi connectivity index (χ4v) is 3.26. The normalized spacial score (nSPS) is 19.2. The third-order valence-corrected chi connectivity index (χ3v) is 4.85. The molecule has 5 nitrogen and oxygen atoms in total. The van der Waals surface area contributed by atoms with Crippen molar-refractivity contribution in [3.05, 3.63) is 11.9 Å². The molecule has 3 rings (SSSR count). The first kappa shape index (κ1) is 13.8. The van der Waals surface area contributed by atoms with Crippen molar-refractivity contribution in [3.63, 3.8) is 0 Å². The Labute approximate surface area is 123 Å². The molecule has 0 radical (unpaired) electrons. The monoisotopic (exact) mass is 294 g/mol. The second-order valence-corrected chi connectivity index (χ2v) is 7.94. The van der Waals surface area contributed by atoms with Crippen LogP contribution in [0.4, 0.5) is 5.13 Å². The molecule has 1 unspecified atom stereocenters. The highest BCUT2D eigenvalue weighted by Crippen LogP contribution is 2.41. The predicted molar refractivity (Wildman–Crippen MR) is 81.4 cm³/mol. The van der Waals surface area contributed by atoms with Crippen LogP contribution in [0.25, 0.3) is 4.96 Å². The van der Waals surface area contributed by atoms with E-state index in [4.69, 9.17) is 0 Å². The van der Waals surface area contributed by atoms with Crippen molar-refractivity contribution >= 4 is 21.4 Å². The third-order valence-electron chi connectivity index (χ3n) is 4.01. The number of hydrogen-bond donors (Lipinski definition) is 2. The van der Waals surface area contributed by atoms with Crippen LogP contribution in [-0.2, 0) is 5.41 Å². The van der Waals surface area contributed by atoms with Gasteiger partial charge in [0.1, 0.15) is 0 Å². The van der Waals surface area contributed by atoms with Gasteiger partial charge in [-0.05, 0) is 25.7 Å². The fourth-order valence-electron chi connectivity index (χ4n) is 2.35. The van der Waals surface area contributed by atoms with Crippen molar-refractivity contribution in [2.75, 3.05) is 11.9 Å². The van der Waals surface area contributed by atoms with Crippen LogP contribution in [0.15, 0.2) is 6.20 Å². The van der Waals surface area contributed by atoms with Crippen molar-refractivity contribution in [2.45, 2.75) is 51.5 Å². The number of aliphatic hydroxyl groups is 1. The molecule has 0 aromatic carbocycles. The van der Waals surface area contributed by atoms with E-state index in [1.54, 1.807) is 11.3 Å². The van der Waals surface area contributed by atoms with Gasteiger partial charge in [-0.3, -0.25) is 0 Å². The molecule has 20 heavy (non-hydrogen) atoms. The van der Waals surface area contributed by atoms with Crippen LogP contribution in [0, 0.1) is 5.92 Å². The number of imidazole rings is 1. The molecule has 1 aliphatic rings. The minimum atomic E-state index is -0.261. The zero-order chi connectivity index (χ0) is 14.5. The molecule has 110 valence electrons. The molecule has 0 aliphatic heterocycles. The Morgan fingerprint density at radius 2 is 2.10 bits per heavy atom. The molecule has 0 amide bonds. The van der Waals surface area contributed by atoms with Gasteiger partial charge >= 0.3 is 0 Å². The van der Waals surface area contributed by atoms with E-state index in [0.717, 1.165) is 15.8 Å². The first-order valence-corrected chi connectivity index (χ1v) is 7.89. The van der Waals surface area contributed by atoms with Gasteiger partial charge in [0.2, 0.25) is 10.1 Å². The number of nitrogens with one attached hydrogen (secondary N) is 1. The maximum absolute atomic E-state index is 9.63. The Morgan fingerprint density at radius 3 is 2.60 bits per heavy atom. The summed E-state index contributed by atoms with van der Waals surface area (Å²) in [5, 5.41) is 18.4. The van der Waals surface area contributed by atoms with Gasteiger partial charge < -0.3 is 10.4 Å². The van der Waals surface area contributed by atoms with Gasteiger partial charge in [-0.2, -0.15) is 0 Å². The maximum Gasteiger partial charge on any atom is 0.214 e. The van der Waals surface area contributed by atoms with E-state index >= 15 is 0 Å². The minimum Gasteiger partial charge on any atom is -0.394 e. The first-order valence-electron chi connectivity index (χ1n) is 7.07. The molecule has 2 N–H and O–H groups in total. The van der Waals surface area contributed by atoms with E-state index in [0.29, 0.717) is 5.92 Å². The summed E-state index contributed by atoms with van der Waals surface area (Å²) in [6.07, 6.45) is 4.35. The number of nitrogens with zero attached hydrogens (tertiary/aromatic N) is 3. The fraction of sp³-hybridized carbons (Fsp3) is 0.714. The Hall–Kier alpha value is -1.14. The lowest BCUT2D eigenvalue weighted by Gasteiger charge is -2.28. The van der Waals surface area contributed by atoms with Crippen LogP contribution >= 0.6 is 11.3 Å². The molecule has 2 aromatic rings. The van der Waals surface area contributed by atoms with Crippen molar-refractivity contribution in [1.82, 2.24) is 14.6 Å². The summed E-state index contributed by atoms with van der Waals surface area (Å²) >= 11 is 1.54. The molecular formula is C14H22N4OS. The van der Waals surface area contributed by atoms with Crippen molar-refractivity contribution in [2.24, 2.45) is 5.92 Å². The van der Waals surface area contributed by atoms with Crippen LogP contribution < -0.4 is 5.32 Å². The number of hydrogen-bond acceptors (Lipinski definition) is 5. The summed E-state index contributed by atoms with van der Waals surface area (Å²) in [6.45, 7) is 8.64. The van der Waals surface area contributed by atoms with E-state index in [1.807, 2.05) is 10.7 Å². The largest absolute Gasteiger partial charge is 0.394 e. The van der Waals surface area contributed by atoms with Crippen LogP contribution in [-0.4, -0.2) is 31.9 Å².